The average Bonchev–Trinajstić information content (AvgIpc) is 2.55. The van der Waals surface area contributed by atoms with E-state index in [0.29, 0.717) is 12.1 Å². The minimum atomic E-state index is -0.241. The van der Waals surface area contributed by atoms with E-state index in [1.807, 2.05) is 6.07 Å². The van der Waals surface area contributed by atoms with E-state index in [-0.39, 0.29) is 18.4 Å². The van der Waals surface area contributed by atoms with Crippen LogP contribution in [0.1, 0.15) is 27.0 Å². The standard InChI is InChI=1S/C19H22N2O2/c1-14-8-9-16(15(2)12-14)10-11-20-18(22)13-21-19(23)17-6-4-3-5-7-17/h3-9,12H,10-11,13H2,1-2H3,(H,20,22)(H,21,23). The molecule has 0 aliphatic carbocycles. The first-order chi connectivity index (χ1) is 11.1. The topological polar surface area (TPSA) is 58.2 Å². The van der Waals surface area contributed by atoms with Gasteiger partial charge in [0.05, 0.1) is 6.54 Å². The van der Waals surface area contributed by atoms with Crippen molar-refractivity contribution in [2.45, 2.75) is 20.3 Å². The van der Waals surface area contributed by atoms with Crippen LogP contribution in [0.5, 0.6) is 0 Å². The highest BCUT2D eigenvalue weighted by Crippen LogP contribution is 2.10. The largest absolute Gasteiger partial charge is 0.354 e. The van der Waals surface area contributed by atoms with Crippen LogP contribution in [-0.2, 0) is 11.2 Å². The molecular formula is C19H22N2O2. The first-order valence-electron chi connectivity index (χ1n) is 7.72. The van der Waals surface area contributed by atoms with Gasteiger partial charge < -0.3 is 10.6 Å². The molecule has 0 saturated heterocycles. The van der Waals surface area contributed by atoms with E-state index >= 15 is 0 Å². The number of aryl methyl sites for hydroxylation is 2. The summed E-state index contributed by atoms with van der Waals surface area (Å²) in [5, 5.41) is 5.44. The van der Waals surface area contributed by atoms with Gasteiger partial charge in [-0.2, -0.15) is 0 Å². The lowest BCUT2D eigenvalue weighted by atomic mass is 10.0. The number of hydrogen-bond donors (Lipinski definition) is 2. The zero-order valence-electron chi connectivity index (χ0n) is 13.6. The predicted octanol–water partition coefficient (Wildman–Crippen LogP) is 2.39. The Kier molecular flexibility index (Phi) is 5.92. The van der Waals surface area contributed by atoms with Gasteiger partial charge in [0.1, 0.15) is 0 Å². The summed E-state index contributed by atoms with van der Waals surface area (Å²) in [5.74, 6) is -0.422. The Bertz CT molecular complexity index is 681. The minimum Gasteiger partial charge on any atom is -0.354 e. The second kappa shape index (κ2) is 8.13. The highest BCUT2D eigenvalue weighted by Gasteiger charge is 2.07. The molecule has 0 aliphatic heterocycles. The maximum absolute atomic E-state index is 11.8. The van der Waals surface area contributed by atoms with Crippen molar-refractivity contribution in [2.75, 3.05) is 13.1 Å². The van der Waals surface area contributed by atoms with Gasteiger partial charge in [-0.1, -0.05) is 42.0 Å². The van der Waals surface area contributed by atoms with Gasteiger partial charge in [0.2, 0.25) is 5.91 Å². The number of benzene rings is 2. The SMILES string of the molecule is Cc1ccc(CCNC(=O)CNC(=O)c2ccccc2)c(C)c1. The summed E-state index contributed by atoms with van der Waals surface area (Å²) in [7, 11) is 0. The molecule has 2 amide bonds. The lowest BCUT2D eigenvalue weighted by molar-refractivity contribution is -0.120. The fourth-order valence-corrected chi connectivity index (χ4v) is 2.38. The molecule has 0 heterocycles. The van der Waals surface area contributed by atoms with Crippen LogP contribution in [0, 0.1) is 13.8 Å². The first kappa shape index (κ1) is 16.7. The smallest absolute Gasteiger partial charge is 0.251 e. The molecule has 0 unspecified atom stereocenters. The number of carbonyl (C=O) groups excluding carboxylic acids is 2. The summed E-state index contributed by atoms with van der Waals surface area (Å²) in [6.45, 7) is 4.68. The highest BCUT2D eigenvalue weighted by atomic mass is 16.2. The summed E-state index contributed by atoms with van der Waals surface area (Å²) >= 11 is 0. The molecule has 2 aromatic rings. The maximum atomic E-state index is 11.8. The molecule has 0 bridgehead atoms. The van der Waals surface area contributed by atoms with Gasteiger partial charge in [0, 0.05) is 12.1 Å². The van der Waals surface area contributed by atoms with Crippen LogP contribution in [0.25, 0.3) is 0 Å². The molecule has 2 N–H and O–H groups in total. The van der Waals surface area contributed by atoms with Crippen LogP contribution in [0.4, 0.5) is 0 Å². The van der Waals surface area contributed by atoms with Crippen molar-refractivity contribution in [3.63, 3.8) is 0 Å². The van der Waals surface area contributed by atoms with E-state index in [1.54, 1.807) is 24.3 Å². The van der Waals surface area contributed by atoms with Gasteiger partial charge in [-0.15, -0.1) is 0 Å². The van der Waals surface area contributed by atoms with E-state index in [2.05, 4.69) is 42.7 Å². The number of carbonyl (C=O) groups is 2. The van der Waals surface area contributed by atoms with Crippen LogP contribution >= 0.6 is 0 Å². The third-order valence-corrected chi connectivity index (χ3v) is 3.66. The van der Waals surface area contributed by atoms with Gasteiger partial charge in [-0.25, -0.2) is 0 Å². The number of rotatable bonds is 6. The molecular weight excluding hydrogens is 288 g/mol. The van der Waals surface area contributed by atoms with Crippen molar-refractivity contribution < 1.29 is 9.59 Å². The zero-order chi connectivity index (χ0) is 16.7. The Morgan fingerprint density at radius 3 is 2.39 bits per heavy atom. The van der Waals surface area contributed by atoms with E-state index in [1.165, 1.54) is 16.7 Å². The van der Waals surface area contributed by atoms with Gasteiger partial charge in [0.15, 0.2) is 0 Å². The molecule has 0 saturated carbocycles. The Hall–Kier alpha value is -2.62. The van der Waals surface area contributed by atoms with Gasteiger partial charge >= 0.3 is 0 Å². The molecule has 0 aromatic heterocycles. The molecule has 4 heteroatoms. The monoisotopic (exact) mass is 310 g/mol. The number of nitrogens with one attached hydrogen (secondary N) is 2. The quantitative estimate of drug-likeness (QED) is 0.861. The van der Waals surface area contributed by atoms with E-state index in [9.17, 15) is 9.59 Å². The van der Waals surface area contributed by atoms with Crippen molar-refractivity contribution in [3.8, 4) is 0 Å². The van der Waals surface area contributed by atoms with E-state index in [4.69, 9.17) is 0 Å². The molecule has 2 aromatic carbocycles. The summed E-state index contributed by atoms with van der Waals surface area (Å²) in [6.07, 6.45) is 0.782. The summed E-state index contributed by atoms with van der Waals surface area (Å²) in [6, 6.07) is 15.2. The molecule has 0 spiro atoms. The van der Waals surface area contributed by atoms with Gasteiger partial charge in [0.25, 0.3) is 5.91 Å². The molecule has 23 heavy (non-hydrogen) atoms. The molecule has 2 rings (SSSR count). The zero-order valence-corrected chi connectivity index (χ0v) is 13.6. The van der Waals surface area contributed by atoms with Crippen LogP contribution in [0.2, 0.25) is 0 Å². The van der Waals surface area contributed by atoms with Crippen molar-refractivity contribution in [1.82, 2.24) is 10.6 Å². The lowest BCUT2D eigenvalue weighted by Gasteiger charge is -2.09. The maximum Gasteiger partial charge on any atom is 0.251 e. The van der Waals surface area contributed by atoms with Crippen LogP contribution < -0.4 is 10.6 Å². The predicted molar refractivity (Wildman–Crippen MR) is 91.4 cm³/mol. The Labute approximate surface area is 136 Å². The van der Waals surface area contributed by atoms with Crippen LogP contribution in [-0.4, -0.2) is 24.9 Å². The Morgan fingerprint density at radius 2 is 1.70 bits per heavy atom. The molecule has 0 fully saturated rings. The van der Waals surface area contributed by atoms with Crippen LogP contribution in [0.3, 0.4) is 0 Å². The van der Waals surface area contributed by atoms with Crippen molar-refractivity contribution in [2.24, 2.45) is 0 Å². The summed E-state index contributed by atoms with van der Waals surface area (Å²) in [4.78, 5) is 23.6. The summed E-state index contributed by atoms with van der Waals surface area (Å²) in [5.41, 5.74) is 4.25. The summed E-state index contributed by atoms with van der Waals surface area (Å²) < 4.78 is 0. The Morgan fingerprint density at radius 1 is 0.957 bits per heavy atom. The molecule has 4 nitrogen and oxygen atoms in total. The van der Waals surface area contributed by atoms with Crippen molar-refractivity contribution in [3.05, 3.63) is 70.8 Å². The second-order valence-corrected chi connectivity index (χ2v) is 5.58. The Balaban J connectivity index is 1.72. The fraction of sp³-hybridized carbons (Fsp3) is 0.263. The van der Waals surface area contributed by atoms with E-state index in [0.717, 1.165) is 6.42 Å². The number of amides is 2. The third kappa shape index (κ3) is 5.25. The number of hydrogen-bond acceptors (Lipinski definition) is 2. The third-order valence-electron chi connectivity index (χ3n) is 3.66. The van der Waals surface area contributed by atoms with Gasteiger partial charge in [-0.05, 0) is 43.5 Å². The molecule has 120 valence electrons. The minimum absolute atomic E-state index is 0.0133. The normalized spacial score (nSPS) is 10.2. The molecule has 0 aliphatic rings. The fourth-order valence-electron chi connectivity index (χ4n) is 2.38. The average molecular weight is 310 g/mol. The van der Waals surface area contributed by atoms with Crippen molar-refractivity contribution >= 4 is 11.8 Å². The molecule has 0 radical (unpaired) electrons. The molecule has 0 atom stereocenters. The second-order valence-electron chi connectivity index (χ2n) is 5.58. The van der Waals surface area contributed by atoms with Gasteiger partial charge in [-0.3, -0.25) is 9.59 Å². The van der Waals surface area contributed by atoms with Crippen molar-refractivity contribution in [1.29, 1.82) is 0 Å². The van der Waals surface area contributed by atoms with Crippen LogP contribution in [0.15, 0.2) is 48.5 Å². The lowest BCUT2D eigenvalue weighted by Crippen LogP contribution is -2.37. The highest BCUT2D eigenvalue weighted by molar-refractivity contribution is 5.96. The first-order valence-corrected chi connectivity index (χ1v) is 7.72. The van der Waals surface area contributed by atoms with E-state index < -0.39 is 0 Å².